The molecule has 0 aliphatic heterocycles. The maximum Gasteiger partial charge on any atom is 0.123 e. The Bertz CT molecular complexity index is 165. The average Bonchev–Trinajstić information content (AvgIpc) is 2.60. The standard InChI is InChI=1S/C10H18FN/c1-8-2-3-9(6-8)12-7-10(11)4-5-10/h8-9,12H,2-7H2,1H3. The molecule has 0 heterocycles. The molecule has 0 aromatic carbocycles. The Morgan fingerprint density at radius 1 is 1.42 bits per heavy atom. The summed E-state index contributed by atoms with van der Waals surface area (Å²) in [6.07, 6.45) is 5.37. The fraction of sp³-hybridized carbons (Fsp3) is 1.00. The molecule has 0 amide bonds. The van der Waals surface area contributed by atoms with Gasteiger partial charge in [0.15, 0.2) is 0 Å². The second-order valence-corrected chi connectivity index (χ2v) is 4.65. The van der Waals surface area contributed by atoms with Gasteiger partial charge in [0, 0.05) is 12.6 Å². The van der Waals surface area contributed by atoms with Gasteiger partial charge in [0.2, 0.25) is 0 Å². The summed E-state index contributed by atoms with van der Waals surface area (Å²) in [5.74, 6) is 0.845. The lowest BCUT2D eigenvalue weighted by molar-refractivity contribution is 0.282. The molecule has 0 aromatic rings. The van der Waals surface area contributed by atoms with E-state index in [2.05, 4.69) is 12.2 Å². The first-order valence-electron chi connectivity index (χ1n) is 5.10. The topological polar surface area (TPSA) is 12.0 Å². The molecule has 12 heavy (non-hydrogen) atoms. The van der Waals surface area contributed by atoms with Crippen molar-refractivity contribution < 1.29 is 4.39 Å². The van der Waals surface area contributed by atoms with Crippen molar-refractivity contribution >= 4 is 0 Å². The van der Waals surface area contributed by atoms with E-state index in [0.29, 0.717) is 12.6 Å². The molecule has 0 bridgehead atoms. The van der Waals surface area contributed by atoms with Crippen molar-refractivity contribution in [2.24, 2.45) is 5.92 Å². The van der Waals surface area contributed by atoms with Gasteiger partial charge in [-0.25, -0.2) is 4.39 Å². The van der Waals surface area contributed by atoms with E-state index in [0.717, 1.165) is 18.8 Å². The van der Waals surface area contributed by atoms with Crippen molar-refractivity contribution in [3.63, 3.8) is 0 Å². The Kier molecular flexibility index (Phi) is 2.11. The van der Waals surface area contributed by atoms with Gasteiger partial charge in [0.25, 0.3) is 0 Å². The highest BCUT2D eigenvalue weighted by Gasteiger charge is 2.43. The van der Waals surface area contributed by atoms with Gasteiger partial charge in [-0.2, -0.15) is 0 Å². The fourth-order valence-corrected chi connectivity index (χ4v) is 2.03. The summed E-state index contributed by atoms with van der Waals surface area (Å²) in [5, 5.41) is 3.34. The van der Waals surface area contributed by atoms with Crippen molar-refractivity contribution in [3.05, 3.63) is 0 Å². The first kappa shape index (κ1) is 8.49. The van der Waals surface area contributed by atoms with Crippen LogP contribution < -0.4 is 5.32 Å². The van der Waals surface area contributed by atoms with E-state index >= 15 is 0 Å². The number of hydrogen-bond acceptors (Lipinski definition) is 1. The van der Waals surface area contributed by atoms with E-state index < -0.39 is 5.67 Å². The lowest BCUT2D eigenvalue weighted by Gasteiger charge is -2.13. The van der Waals surface area contributed by atoms with Crippen LogP contribution in [0.2, 0.25) is 0 Å². The first-order valence-corrected chi connectivity index (χ1v) is 5.10. The van der Waals surface area contributed by atoms with Gasteiger partial charge in [0.1, 0.15) is 5.67 Å². The molecule has 2 atom stereocenters. The minimum Gasteiger partial charge on any atom is -0.311 e. The zero-order chi connectivity index (χ0) is 8.60. The predicted octanol–water partition coefficient (Wildman–Crippen LogP) is 2.27. The van der Waals surface area contributed by atoms with Gasteiger partial charge in [-0.15, -0.1) is 0 Å². The third-order valence-electron chi connectivity index (χ3n) is 3.19. The molecule has 1 N–H and O–H groups in total. The van der Waals surface area contributed by atoms with Crippen LogP contribution in [0.3, 0.4) is 0 Å². The summed E-state index contributed by atoms with van der Waals surface area (Å²) in [6.45, 7) is 2.88. The van der Waals surface area contributed by atoms with E-state index in [-0.39, 0.29) is 0 Å². The lowest BCUT2D eigenvalue weighted by atomic mass is 10.1. The first-order chi connectivity index (χ1) is 5.68. The number of rotatable bonds is 3. The van der Waals surface area contributed by atoms with Crippen LogP contribution >= 0.6 is 0 Å². The smallest absolute Gasteiger partial charge is 0.123 e. The molecule has 2 saturated carbocycles. The number of nitrogens with one attached hydrogen (secondary N) is 1. The molecule has 2 unspecified atom stereocenters. The summed E-state index contributed by atoms with van der Waals surface area (Å²) < 4.78 is 13.2. The third-order valence-corrected chi connectivity index (χ3v) is 3.19. The summed E-state index contributed by atoms with van der Waals surface area (Å²) in [6, 6.07) is 0.605. The molecular formula is C10H18FN. The van der Waals surface area contributed by atoms with Crippen LogP contribution in [0.25, 0.3) is 0 Å². The third kappa shape index (κ3) is 1.98. The molecular weight excluding hydrogens is 153 g/mol. The minimum absolute atomic E-state index is 0.602. The average molecular weight is 171 g/mol. The van der Waals surface area contributed by atoms with Crippen molar-refractivity contribution in [3.8, 4) is 0 Å². The molecule has 0 radical (unpaired) electrons. The Labute approximate surface area is 73.7 Å². The van der Waals surface area contributed by atoms with E-state index in [9.17, 15) is 4.39 Å². The number of hydrogen-bond donors (Lipinski definition) is 1. The number of halogens is 1. The Morgan fingerprint density at radius 3 is 2.67 bits per heavy atom. The van der Waals surface area contributed by atoms with Crippen molar-refractivity contribution in [1.29, 1.82) is 0 Å². The van der Waals surface area contributed by atoms with Crippen LogP contribution in [0.1, 0.15) is 39.0 Å². The van der Waals surface area contributed by atoms with E-state index in [1.54, 1.807) is 0 Å². The summed E-state index contributed by atoms with van der Waals surface area (Å²) in [7, 11) is 0. The van der Waals surface area contributed by atoms with Gasteiger partial charge >= 0.3 is 0 Å². The second kappa shape index (κ2) is 2.99. The molecule has 2 rings (SSSR count). The highest BCUT2D eigenvalue weighted by Crippen LogP contribution is 2.39. The molecule has 1 nitrogen and oxygen atoms in total. The normalized spacial score (nSPS) is 38.5. The summed E-state index contributed by atoms with van der Waals surface area (Å²) in [4.78, 5) is 0. The minimum atomic E-state index is -0.814. The van der Waals surface area contributed by atoms with Crippen LogP contribution in [-0.2, 0) is 0 Å². The lowest BCUT2D eigenvalue weighted by Crippen LogP contribution is -2.33. The molecule has 2 fully saturated rings. The molecule has 2 aliphatic rings. The van der Waals surface area contributed by atoms with Crippen LogP contribution in [0, 0.1) is 5.92 Å². The SMILES string of the molecule is CC1CCC(NCC2(F)CC2)C1. The van der Waals surface area contributed by atoms with E-state index in [1.807, 2.05) is 0 Å². The monoisotopic (exact) mass is 171 g/mol. The summed E-state index contributed by atoms with van der Waals surface area (Å²) in [5.41, 5.74) is -0.814. The highest BCUT2D eigenvalue weighted by atomic mass is 19.1. The molecule has 2 aliphatic carbocycles. The second-order valence-electron chi connectivity index (χ2n) is 4.65. The molecule has 0 spiro atoms. The molecule has 2 heteroatoms. The van der Waals surface area contributed by atoms with Crippen LogP contribution in [0.4, 0.5) is 4.39 Å². The molecule has 0 aromatic heterocycles. The van der Waals surface area contributed by atoms with Gasteiger partial charge in [-0.1, -0.05) is 6.92 Å². The van der Waals surface area contributed by atoms with Crippen LogP contribution in [0.5, 0.6) is 0 Å². The largest absolute Gasteiger partial charge is 0.311 e. The summed E-state index contributed by atoms with van der Waals surface area (Å²) >= 11 is 0. The van der Waals surface area contributed by atoms with Crippen LogP contribution in [-0.4, -0.2) is 18.3 Å². The maximum absolute atomic E-state index is 13.2. The zero-order valence-electron chi connectivity index (χ0n) is 7.78. The van der Waals surface area contributed by atoms with Gasteiger partial charge in [0.05, 0.1) is 0 Å². The Hall–Kier alpha value is -0.110. The highest BCUT2D eigenvalue weighted by molar-refractivity contribution is 4.97. The number of alkyl halides is 1. The quantitative estimate of drug-likeness (QED) is 0.687. The van der Waals surface area contributed by atoms with Crippen LogP contribution in [0.15, 0.2) is 0 Å². The van der Waals surface area contributed by atoms with Gasteiger partial charge in [-0.05, 0) is 38.0 Å². The van der Waals surface area contributed by atoms with E-state index in [1.165, 1.54) is 19.3 Å². The fourth-order valence-electron chi connectivity index (χ4n) is 2.03. The Balaban J connectivity index is 1.67. The molecule has 70 valence electrons. The van der Waals surface area contributed by atoms with Gasteiger partial charge in [-0.3, -0.25) is 0 Å². The molecule has 0 saturated heterocycles. The van der Waals surface area contributed by atoms with Crippen molar-refractivity contribution in [2.45, 2.75) is 50.7 Å². The Morgan fingerprint density at radius 2 is 2.17 bits per heavy atom. The van der Waals surface area contributed by atoms with Crippen molar-refractivity contribution in [1.82, 2.24) is 5.32 Å². The van der Waals surface area contributed by atoms with Gasteiger partial charge < -0.3 is 5.32 Å². The van der Waals surface area contributed by atoms with E-state index in [4.69, 9.17) is 0 Å². The maximum atomic E-state index is 13.2. The predicted molar refractivity (Wildman–Crippen MR) is 47.9 cm³/mol. The zero-order valence-corrected chi connectivity index (χ0v) is 7.78. The van der Waals surface area contributed by atoms with Crippen molar-refractivity contribution in [2.75, 3.05) is 6.54 Å².